The van der Waals surface area contributed by atoms with E-state index in [0.717, 1.165) is 51.4 Å². The van der Waals surface area contributed by atoms with Crippen LogP contribution in [0.3, 0.4) is 0 Å². The van der Waals surface area contributed by atoms with Crippen LogP contribution in [0.5, 0.6) is 0 Å². The molecule has 0 rings (SSSR count). The Morgan fingerprint density at radius 3 is 1.45 bits per heavy atom. The van der Waals surface area contributed by atoms with E-state index >= 15 is 0 Å². The van der Waals surface area contributed by atoms with E-state index < -0.39 is 24.3 Å². The van der Waals surface area contributed by atoms with E-state index in [0.29, 0.717) is 17.4 Å². The van der Waals surface area contributed by atoms with Gasteiger partial charge in [0, 0.05) is 12.8 Å². The Kier molecular flexibility index (Phi) is 27.6. The molecule has 0 saturated carbocycles. The summed E-state index contributed by atoms with van der Waals surface area (Å²) < 4.78 is 22.3. The van der Waals surface area contributed by atoms with E-state index in [9.17, 15) is 19.5 Å². The zero-order valence-corrected chi connectivity index (χ0v) is 29.0. The number of carboxylic acids is 1. The van der Waals surface area contributed by atoms with Gasteiger partial charge in [-0.1, -0.05) is 123 Å². The van der Waals surface area contributed by atoms with Crippen LogP contribution in [0.4, 0.5) is 0 Å². The summed E-state index contributed by atoms with van der Waals surface area (Å²) in [5.74, 6) is -2.29. The first kappa shape index (κ1) is 42.3. The Bertz CT molecular complexity index is 709. The minimum Gasteiger partial charge on any atom is -0.545 e. The number of rotatable bonds is 32. The van der Waals surface area contributed by atoms with Crippen molar-refractivity contribution in [2.45, 2.75) is 161 Å². The molecule has 44 heavy (non-hydrogen) atoms. The standard InChI is InChI=1S/C35H67NO8/c1-6-8-10-12-13-14-15-16-17-18-19-20-22-24-26-33(38)44-31(29-42-32(37)25-23-21-11-9-7-2)30-43-35(34(39)40)41-28-27-36(3,4)5/h31,35H,6-30H2,1-5H3. The summed E-state index contributed by atoms with van der Waals surface area (Å²) >= 11 is 0. The van der Waals surface area contributed by atoms with Crippen LogP contribution in [0.2, 0.25) is 0 Å². The number of nitrogens with zero attached hydrogens (tertiary/aromatic N) is 1. The molecule has 0 spiro atoms. The van der Waals surface area contributed by atoms with Crippen molar-refractivity contribution in [2.24, 2.45) is 0 Å². The zero-order chi connectivity index (χ0) is 32.9. The van der Waals surface area contributed by atoms with Gasteiger partial charge in [-0.05, 0) is 12.8 Å². The lowest BCUT2D eigenvalue weighted by Gasteiger charge is -2.26. The Morgan fingerprint density at radius 2 is 1.02 bits per heavy atom. The molecule has 0 amide bonds. The molecule has 0 aromatic rings. The molecule has 0 fully saturated rings. The van der Waals surface area contributed by atoms with Gasteiger partial charge in [0.1, 0.15) is 13.2 Å². The van der Waals surface area contributed by atoms with Crippen LogP contribution in [0.25, 0.3) is 0 Å². The number of carboxylic acid groups (broad SMARTS) is 1. The molecule has 0 saturated heterocycles. The fourth-order valence-corrected chi connectivity index (χ4v) is 4.77. The monoisotopic (exact) mass is 629 g/mol. The molecule has 0 aliphatic rings. The Morgan fingerprint density at radius 1 is 0.591 bits per heavy atom. The third kappa shape index (κ3) is 29.0. The molecule has 9 heteroatoms. The number of aliphatic carboxylic acids is 1. The predicted molar refractivity (Wildman–Crippen MR) is 173 cm³/mol. The molecule has 0 aromatic carbocycles. The van der Waals surface area contributed by atoms with Gasteiger partial charge in [0.2, 0.25) is 0 Å². The highest BCUT2D eigenvalue weighted by atomic mass is 16.7. The van der Waals surface area contributed by atoms with Gasteiger partial charge in [-0.3, -0.25) is 9.59 Å². The van der Waals surface area contributed by atoms with E-state index in [4.69, 9.17) is 18.9 Å². The summed E-state index contributed by atoms with van der Waals surface area (Å²) in [6.07, 6.45) is 20.3. The molecule has 9 nitrogen and oxygen atoms in total. The first-order valence-corrected chi connectivity index (χ1v) is 17.7. The van der Waals surface area contributed by atoms with Gasteiger partial charge in [0.05, 0.1) is 40.3 Å². The number of unbranched alkanes of at least 4 members (excludes halogenated alkanes) is 17. The topological polar surface area (TPSA) is 111 Å². The normalized spacial score (nSPS) is 13.0. The van der Waals surface area contributed by atoms with Crippen molar-refractivity contribution in [3.8, 4) is 0 Å². The summed E-state index contributed by atoms with van der Waals surface area (Å²) in [6.45, 7) is 4.63. The largest absolute Gasteiger partial charge is 0.545 e. The third-order valence-corrected chi connectivity index (χ3v) is 7.60. The van der Waals surface area contributed by atoms with Gasteiger partial charge in [-0.25, -0.2) is 0 Å². The van der Waals surface area contributed by atoms with E-state index in [2.05, 4.69) is 13.8 Å². The van der Waals surface area contributed by atoms with Gasteiger partial charge in [0.25, 0.3) is 0 Å². The summed E-state index contributed by atoms with van der Waals surface area (Å²) in [5.41, 5.74) is 0. The molecule has 0 aliphatic heterocycles. The van der Waals surface area contributed by atoms with E-state index in [-0.39, 0.29) is 32.2 Å². The van der Waals surface area contributed by atoms with Crippen molar-refractivity contribution in [2.75, 3.05) is 47.5 Å². The maximum atomic E-state index is 12.6. The zero-order valence-electron chi connectivity index (χ0n) is 29.0. The van der Waals surface area contributed by atoms with Gasteiger partial charge >= 0.3 is 11.9 Å². The first-order valence-electron chi connectivity index (χ1n) is 17.7. The molecule has 0 N–H and O–H groups in total. The second-order valence-electron chi connectivity index (χ2n) is 13.2. The first-order chi connectivity index (χ1) is 21.1. The van der Waals surface area contributed by atoms with Crippen LogP contribution in [0, 0.1) is 0 Å². The number of carbonyl (C=O) groups is 3. The van der Waals surface area contributed by atoms with Crippen molar-refractivity contribution in [1.82, 2.24) is 0 Å². The molecule has 0 bridgehead atoms. The van der Waals surface area contributed by atoms with Crippen LogP contribution in [-0.4, -0.2) is 82.3 Å². The average Bonchev–Trinajstić information content (AvgIpc) is 2.96. The molecule has 0 heterocycles. The van der Waals surface area contributed by atoms with E-state index in [1.54, 1.807) is 0 Å². The van der Waals surface area contributed by atoms with Crippen LogP contribution < -0.4 is 5.11 Å². The van der Waals surface area contributed by atoms with Gasteiger partial charge in [-0.2, -0.15) is 0 Å². The minimum absolute atomic E-state index is 0.152. The molecule has 2 unspecified atom stereocenters. The summed E-state index contributed by atoms with van der Waals surface area (Å²) in [4.78, 5) is 36.4. The number of hydrogen-bond donors (Lipinski definition) is 0. The fraction of sp³-hybridized carbons (Fsp3) is 0.914. The lowest BCUT2D eigenvalue weighted by atomic mass is 10.0. The van der Waals surface area contributed by atoms with E-state index in [1.807, 2.05) is 21.1 Å². The van der Waals surface area contributed by atoms with Crippen molar-refractivity contribution >= 4 is 17.9 Å². The van der Waals surface area contributed by atoms with Crippen LogP contribution >= 0.6 is 0 Å². The maximum Gasteiger partial charge on any atom is 0.306 e. The molecule has 0 aromatic heterocycles. The highest BCUT2D eigenvalue weighted by molar-refractivity contribution is 5.70. The summed E-state index contributed by atoms with van der Waals surface area (Å²) in [6, 6.07) is 0. The van der Waals surface area contributed by atoms with Crippen molar-refractivity contribution in [3.63, 3.8) is 0 Å². The maximum absolute atomic E-state index is 12.6. The number of hydrogen-bond acceptors (Lipinski definition) is 8. The molecular formula is C35H67NO8. The predicted octanol–water partition coefficient (Wildman–Crippen LogP) is 6.49. The molecule has 0 aliphatic carbocycles. The van der Waals surface area contributed by atoms with Crippen molar-refractivity contribution in [3.05, 3.63) is 0 Å². The van der Waals surface area contributed by atoms with Crippen LogP contribution in [-0.2, 0) is 33.3 Å². The van der Waals surface area contributed by atoms with Crippen molar-refractivity contribution in [1.29, 1.82) is 0 Å². The van der Waals surface area contributed by atoms with E-state index in [1.165, 1.54) is 70.6 Å². The summed E-state index contributed by atoms with van der Waals surface area (Å²) in [5, 5.41) is 11.5. The number of esters is 2. The number of ether oxygens (including phenoxy) is 4. The fourth-order valence-electron chi connectivity index (χ4n) is 4.77. The molecule has 0 radical (unpaired) electrons. The second kappa shape index (κ2) is 28.7. The lowest BCUT2D eigenvalue weighted by molar-refractivity contribution is -0.870. The van der Waals surface area contributed by atoms with Crippen LogP contribution in [0.1, 0.15) is 149 Å². The highest BCUT2D eigenvalue weighted by Crippen LogP contribution is 2.14. The Labute approximate surface area is 269 Å². The minimum atomic E-state index is -1.61. The number of likely N-dealkylation sites (N-methyl/N-ethyl adjacent to an activating group) is 1. The van der Waals surface area contributed by atoms with Gasteiger partial charge in [-0.15, -0.1) is 0 Å². The van der Waals surface area contributed by atoms with Gasteiger partial charge < -0.3 is 33.3 Å². The number of carbonyl (C=O) groups excluding carboxylic acids is 3. The SMILES string of the molecule is CCCCCCCCCCCCCCCCC(=O)OC(COC(=O)CCCCCCC)COC(OCC[N+](C)(C)C)C(=O)[O-]. The van der Waals surface area contributed by atoms with Crippen molar-refractivity contribution < 1.29 is 42.9 Å². The average molecular weight is 630 g/mol. The molecule has 2 atom stereocenters. The second-order valence-corrected chi connectivity index (χ2v) is 13.2. The number of quaternary nitrogens is 1. The van der Waals surface area contributed by atoms with Gasteiger partial charge in [0.15, 0.2) is 12.4 Å². The lowest BCUT2D eigenvalue weighted by Crippen LogP contribution is -2.44. The smallest absolute Gasteiger partial charge is 0.306 e. The quantitative estimate of drug-likeness (QED) is 0.0359. The molecule has 260 valence electrons. The van der Waals surface area contributed by atoms with Crippen LogP contribution in [0.15, 0.2) is 0 Å². The Hall–Kier alpha value is -1.71. The molecular weight excluding hydrogens is 562 g/mol. The highest BCUT2D eigenvalue weighted by Gasteiger charge is 2.21. The third-order valence-electron chi connectivity index (χ3n) is 7.60. The summed E-state index contributed by atoms with van der Waals surface area (Å²) in [7, 11) is 5.89. The Balaban J connectivity index is 4.45.